The van der Waals surface area contributed by atoms with E-state index in [-0.39, 0.29) is 11.7 Å². The maximum Gasteiger partial charge on any atom is 0.347 e. The van der Waals surface area contributed by atoms with Crippen LogP contribution in [0.4, 0.5) is 0 Å². The number of rotatable bonds is 2. The Kier molecular flexibility index (Phi) is 3.05. The molecule has 0 atom stereocenters. The molecule has 102 valence electrons. The van der Waals surface area contributed by atoms with E-state index in [1.54, 1.807) is 7.05 Å². The number of carbonyl (C=O) groups is 1. The quantitative estimate of drug-likeness (QED) is 0.785. The number of fused-ring (bicyclic) bond motifs is 1. The summed E-state index contributed by atoms with van der Waals surface area (Å²) in [5, 5.41) is 14.8. The fourth-order valence-corrected chi connectivity index (χ4v) is 2.02. The summed E-state index contributed by atoms with van der Waals surface area (Å²) >= 11 is 0. The highest BCUT2D eigenvalue weighted by Gasteiger charge is 2.25. The van der Waals surface area contributed by atoms with Crippen molar-refractivity contribution in [3.8, 4) is 5.75 Å². The fourth-order valence-electron chi connectivity index (χ4n) is 2.02. The molecule has 2 aromatic rings. The third kappa shape index (κ3) is 1.87. The number of hydrogen-bond acceptors (Lipinski definition) is 5. The van der Waals surface area contributed by atoms with Crippen molar-refractivity contribution in [1.82, 2.24) is 14.8 Å². The summed E-state index contributed by atoms with van der Waals surface area (Å²) in [7, 11) is 2.80. The number of nitrogens with zero attached hydrogens (tertiary/aromatic N) is 2. The highest BCUT2D eigenvalue weighted by molar-refractivity contribution is 5.99. The van der Waals surface area contributed by atoms with Crippen LogP contribution in [0.5, 0.6) is 5.75 Å². The molecule has 2 aromatic heterocycles. The zero-order valence-electron chi connectivity index (χ0n) is 11.1. The molecular formula is C12H15N3O4. The summed E-state index contributed by atoms with van der Waals surface area (Å²) in [4.78, 5) is 25.9. The number of H-pyrrole nitrogens is 1. The lowest BCUT2D eigenvalue weighted by Crippen LogP contribution is -2.19. The smallest absolute Gasteiger partial charge is 0.347 e. The van der Waals surface area contributed by atoms with Crippen molar-refractivity contribution in [1.29, 1.82) is 0 Å². The molecule has 7 nitrogen and oxygen atoms in total. The largest absolute Gasteiger partial charge is 0.506 e. The van der Waals surface area contributed by atoms with Crippen LogP contribution in [0.1, 0.15) is 35.8 Å². The first-order chi connectivity index (χ1) is 8.88. The van der Waals surface area contributed by atoms with Gasteiger partial charge in [-0.1, -0.05) is 13.8 Å². The lowest BCUT2D eigenvalue weighted by molar-refractivity contribution is 0.0595. The predicted molar refractivity (Wildman–Crippen MR) is 68.4 cm³/mol. The average Bonchev–Trinajstić information content (AvgIpc) is 2.67. The Labute approximate surface area is 108 Å². The SMILES string of the molecule is COC(=O)c1c(O)c2c(C(C)C)nn(C)c2[nH]c1=O. The maximum atomic E-state index is 11.8. The Hall–Kier alpha value is -2.31. The first-order valence-electron chi connectivity index (χ1n) is 5.78. The van der Waals surface area contributed by atoms with Gasteiger partial charge in [-0.05, 0) is 5.92 Å². The summed E-state index contributed by atoms with van der Waals surface area (Å²) < 4.78 is 5.97. The molecule has 2 N–H and O–H groups in total. The van der Waals surface area contributed by atoms with Crippen LogP contribution in [0, 0.1) is 0 Å². The molecule has 0 aliphatic carbocycles. The molecule has 0 spiro atoms. The second-order valence-corrected chi connectivity index (χ2v) is 4.56. The number of nitrogens with one attached hydrogen (secondary N) is 1. The van der Waals surface area contributed by atoms with Gasteiger partial charge in [0.1, 0.15) is 11.4 Å². The molecule has 0 aromatic carbocycles. The molecule has 7 heteroatoms. The van der Waals surface area contributed by atoms with E-state index in [0.717, 1.165) is 7.11 Å². The molecule has 0 fully saturated rings. The molecule has 2 rings (SSSR count). The van der Waals surface area contributed by atoms with Crippen molar-refractivity contribution >= 4 is 17.0 Å². The van der Waals surface area contributed by atoms with Crippen molar-refractivity contribution in [2.24, 2.45) is 7.05 Å². The van der Waals surface area contributed by atoms with Crippen LogP contribution >= 0.6 is 0 Å². The normalized spacial score (nSPS) is 11.2. The minimum atomic E-state index is -0.876. The zero-order chi connectivity index (χ0) is 14.3. The summed E-state index contributed by atoms with van der Waals surface area (Å²) in [5.74, 6) is -1.23. The van der Waals surface area contributed by atoms with Crippen molar-refractivity contribution in [2.45, 2.75) is 19.8 Å². The van der Waals surface area contributed by atoms with Crippen molar-refractivity contribution in [3.05, 3.63) is 21.6 Å². The van der Waals surface area contributed by atoms with E-state index >= 15 is 0 Å². The highest BCUT2D eigenvalue weighted by atomic mass is 16.5. The number of aryl methyl sites for hydroxylation is 1. The highest BCUT2D eigenvalue weighted by Crippen LogP contribution is 2.31. The van der Waals surface area contributed by atoms with Crippen LogP contribution < -0.4 is 5.56 Å². The third-order valence-electron chi connectivity index (χ3n) is 2.94. The Bertz CT molecular complexity index is 712. The Morgan fingerprint density at radius 3 is 2.63 bits per heavy atom. The van der Waals surface area contributed by atoms with E-state index < -0.39 is 17.1 Å². The van der Waals surface area contributed by atoms with Gasteiger partial charge in [-0.2, -0.15) is 5.10 Å². The summed E-state index contributed by atoms with van der Waals surface area (Å²) in [6.45, 7) is 3.81. The van der Waals surface area contributed by atoms with Gasteiger partial charge in [-0.15, -0.1) is 0 Å². The van der Waals surface area contributed by atoms with Gasteiger partial charge in [-0.3, -0.25) is 9.48 Å². The summed E-state index contributed by atoms with van der Waals surface area (Å²) in [6, 6.07) is 0. The van der Waals surface area contributed by atoms with Crippen LogP contribution in [0.25, 0.3) is 11.0 Å². The van der Waals surface area contributed by atoms with Crippen molar-refractivity contribution in [3.63, 3.8) is 0 Å². The van der Waals surface area contributed by atoms with Crippen LogP contribution in [0.2, 0.25) is 0 Å². The first-order valence-corrected chi connectivity index (χ1v) is 5.78. The summed E-state index contributed by atoms with van der Waals surface area (Å²) in [6.07, 6.45) is 0. The Morgan fingerprint density at radius 1 is 1.47 bits per heavy atom. The van der Waals surface area contributed by atoms with Gasteiger partial charge < -0.3 is 14.8 Å². The number of esters is 1. The fraction of sp³-hybridized carbons (Fsp3) is 0.417. The molecule has 0 saturated heterocycles. The Balaban J connectivity index is 2.93. The number of hydrogen-bond donors (Lipinski definition) is 2. The molecule has 2 heterocycles. The third-order valence-corrected chi connectivity index (χ3v) is 2.94. The van der Waals surface area contributed by atoms with Crippen LogP contribution in [0.3, 0.4) is 0 Å². The Morgan fingerprint density at radius 2 is 2.11 bits per heavy atom. The first kappa shape index (κ1) is 13.1. The number of aromatic nitrogens is 3. The molecule has 0 amide bonds. The molecule has 0 bridgehead atoms. The minimum Gasteiger partial charge on any atom is -0.506 e. The molecule has 19 heavy (non-hydrogen) atoms. The van der Waals surface area contributed by atoms with Crippen LogP contribution in [-0.2, 0) is 11.8 Å². The van der Waals surface area contributed by atoms with Crippen LogP contribution in [0.15, 0.2) is 4.79 Å². The molecular weight excluding hydrogens is 250 g/mol. The average molecular weight is 265 g/mol. The van der Waals surface area contributed by atoms with E-state index in [4.69, 9.17) is 0 Å². The minimum absolute atomic E-state index is 0.0333. The van der Waals surface area contributed by atoms with Gasteiger partial charge in [-0.25, -0.2) is 4.79 Å². The van der Waals surface area contributed by atoms with E-state index in [9.17, 15) is 14.7 Å². The van der Waals surface area contributed by atoms with E-state index in [1.807, 2.05) is 13.8 Å². The number of aromatic amines is 1. The van der Waals surface area contributed by atoms with E-state index in [0.29, 0.717) is 16.7 Å². The number of aromatic hydroxyl groups is 1. The topological polar surface area (TPSA) is 97.2 Å². The monoisotopic (exact) mass is 265 g/mol. The van der Waals surface area contributed by atoms with Gasteiger partial charge in [0.2, 0.25) is 0 Å². The standard InChI is InChI=1S/C12H15N3O4/c1-5(2)8-6-9(16)7(12(18)19-4)11(17)13-10(6)15(3)14-8/h5H,1-4H3,(H2,13,16,17). The maximum absolute atomic E-state index is 11.8. The van der Waals surface area contributed by atoms with Gasteiger partial charge in [0.25, 0.3) is 5.56 Å². The van der Waals surface area contributed by atoms with Gasteiger partial charge in [0.15, 0.2) is 5.56 Å². The molecule has 0 aliphatic heterocycles. The van der Waals surface area contributed by atoms with Gasteiger partial charge in [0, 0.05) is 7.05 Å². The summed E-state index contributed by atoms with van der Waals surface area (Å²) in [5.41, 5.74) is -0.115. The van der Waals surface area contributed by atoms with Crippen molar-refractivity contribution < 1.29 is 14.6 Å². The van der Waals surface area contributed by atoms with Crippen LogP contribution in [-0.4, -0.2) is 33.0 Å². The number of ether oxygens (including phenoxy) is 1. The number of pyridine rings is 1. The van der Waals surface area contributed by atoms with Crippen molar-refractivity contribution in [2.75, 3.05) is 7.11 Å². The second-order valence-electron chi connectivity index (χ2n) is 4.56. The number of carbonyl (C=O) groups excluding carboxylic acids is 1. The molecule has 0 aliphatic rings. The van der Waals surface area contributed by atoms with E-state index in [1.165, 1.54) is 4.68 Å². The lowest BCUT2D eigenvalue weighted by atomic mass is 10.1. The van der Waals surface area contributed by atoms with E-state index in [2.05, 4.69) is 14.8 Å². The predicted octanol–water partition coefficient (Wildman–Crippen LogP) is 0.877. The van der Waals surface area contributed by atoms with Gasteiger partial charge in [0.05, 0.1) is 18.2 Å². The van der Waals surface area contributed by atoms with Gasteiger partial charge >= 0.3 is 5.97 Å². The second kappa shape index (κ2) is 4.42. The lowest BCUT2D eigenvalue weighted by Gasteiger charge is -2.05. The number of methoxy groups -OCH3 is 1. The molecule has 0 unspecified atom stereocenters. The molecule has 0 saturated carbocycles. The zero-order valence-corrected chi connectivity index (χ0v) is 11.1. The molecule has 0 radical (unpaired) electrons.